The quantitative estimate of drug-likeness (QED) is 0.831. The lowest BCUT2D eigenvalue weighted by Crippen LogP contribution is -2.41. The van der Waals surface area contributed by atoms with E-state index in [-0.39, 0.29) is 5.91 Å². The van der Waals surface area contributed by atoms with E-state index < -0.39 is 5.41 Å². The summed E-state index contributed by atoms with van der Waals surface area (Å²) >= 11 is 0. The van der Waals surface area contributed by atoms with E-state index in [1.165, 1.54) is 0 Å². The van der Waals surface area contributed by atoms with Crippen molar-refractivity contribution in [2.24, 2.45) is 0 Å². The van der Waals surface area contributed by atoms with Crippen molar-refractivity contribution in [3.05, 3.63) is 48.2 Å². The molecule has 4 nitrogen and oxygen atoms in total. The van der Waals surface area contributed by atoms with Gasteiger partial charge in [-0.1, -0.05) is 24.3 Å². The summed E-state index contributed by atoms with van der Waals surface area (Å²) in [5, 5.41) is 2.88. The van der Waals surface area contributed by atoms with E-state index in [9.17, 15) is 4.79 Å². The molecule has 4 heteroatoms. The molecule has 0 atom stereocenters. The first-order chi connectivity index (χ1) is 10.1. The van der Waals surface area contributed by atoms with Gasteiger partial charge in [0.25, 0.3) is 0 Å². The summed E-state index contributed by atoms with van der Waals surface area (Å²) in [5.74, 6) is 0.814. The van der Waals surface area contributed by atoms with Crippen molar-refractivity contribution >= 4 is 5.91 Å². The summed E-state index contributed by atoms with van der Waals surface area (Å²) in [6.45, 7) is 4.86. The highest BCUT2D eigenvalue weighted by atomic mass is 16.5. The molecule has 2 aromatic rings. The predicted molar refractivity (Wildman–Crippen MR) is 82.1 cm³/mol. The number of hydrogen-bond acceptors (Lipinski definition) is 3. The molecule has 0 unspecified atom stereocenters. The van der Waals surface area contributed by atoms with Crippen molar-refractivity contribution in [3.8, 4) is 11.3 Å². The van der Waals surface area contributed by atoms with Gasteiger partial charge >= 0.3 is 0 Å². The minimum absolute atomic E-state index is 0.00898. The van der Waals surface area contributed by atoms with Gasteiger partial charge < -0.3 is 14.5 Å². The van der Waals surface area contributed by atoms with Crippen molar-refractivity contribution in [3.63, 3.8) is 0 Å². The average Bonchev–Trinajstić information content (AvgIpc) is 3.01. The Balaban J connectivity index is 2.11. The Labute approximate surface area is 125 Å². The fraction of sp³-hybridized carbons (Fsp3) is 0.353. The maximum Gasteiger partial charge on any atom is 0.230 e. The Kier molecular flexibility index (Phi) is 4.81. The zero-order chi connectivity index (χ0) is 15.3. The van der Waals surface area contributed by atoms with Gasteiger partial charge in [0.2, 0.25) is 5.91 Å². The Morgan fingerprint density at radius 3 is 2.52 bits per heavy atom. The smallest absolute Gasteiger partial charge is 0.230 e. The number of nitrogens with one attached hydrogen (secondary N) is 1. The third kappa shape index (κ3) is 3.52. The minimum atomic E-state index is -0.588. The lowest BCUT2D eigenvalue weighted by Gasteiger charge is -2.24. The number of rotatable bonds is 6. The van der Waals surface area contributed by atoms with Crippen LogP contribution in [0.2, 0.25) is 0 Å². The number of carbonyl (C=O) groups is 1. The molecule has 0 radical (unpaired) electrons. The summed E-state index contributed by atoms with van der Waals surface area (Å²) in [6, 6.07) is 11.6. The van der Waals surface area contributed by atoms with Crippen LogP contribution in [0.1, 0.15) is 19.4 Å². The monoisotopic (exact) mass is 287 g/mol. The van der Waals surface area contributed by atoms with Crippen LogP contribution >= 0.6 is 0 Å². The van der Waals surface area contributed by atoms with E-state index in [1.807, 2.05) is 50.2 Å². The second-order valence-electron chi connectivity index (χ2n) is 5.43. The number of carbonyl (C=O) groups excluding carboxylic acids is 1. The molecule has 1 heterocycles. The van der Waals surface area contributed by atoms with Crippen LogP contribution < -0.4 is 5.32 Å². The van der Waals surface area contributed by atoms with Crippen molar-refractivity contribution in [1.29, 1.82) is 0 Å². The third-order valence-electron chi connectivity index (χ3n) is 3.57. The fourth-order valence-electron chi connectivity index (χ4n) is 2.11. The van der Waals surface area contributed by atoms with Gasteiger partial charge in [-0.2, -0.15) is 0 Å². The largest absolute Gasteiger partial charge is 0.464 e. The highest BCUT2D eigenvalue weighted by Gasteiger charge is 2.29. The topological polar surface area (TPSA) is 51.5 Å². The van der Waals surface area contributed by atoms with Crippen molar-refractivity contribution in [2.75, 3.05) is 20.3 Å². The first kappa shape index (κ1) is 15.3. The summed E-state index contributed by atoms with van der Waals surface area (Å²) in [6.07, 6.45) is 1.65. The molecular weight excluding hydrogens is 266 g/mol. The lowest BCUT2D eigenvalue weighted by molar-refractivity contribution is -0.125. The van der Waals surface area contributed by atoms with Crippen molar-refractivity contribution < 1.29 is 13.9 Å². The van der Waals surface area contributed by atoms with Gasteiger partial charge in [-0.05, 0) is 31.5 Å². The molecule has 1 aromatic heterocycles. The number of hydrogen-bond donors (Lipinski definition) is 1. The van der Waals surface area contributed by atoms with Gasteiger partial charge in [-0.15, -0.1) is 0 Å². The van der Waals surface area contributed by atoms with E-state index in [0.717, 1.165) is 16.9 Å². The molecule has 0 aliphatic heterocycles. The predicted octanol–water partition coefficient (Wildman–Crippen LogP) is 2.99. The van der Waals surface area contributed by atoms with Crippen LogP contribution in [-0.4, -0.2) is 26.2 Å². The Bertz CT molecular complexity index is 571. The fourth-order valence-corrected chi connectivity index (χ4v) is 2.11. The molecule has 0 saturated heterocycles. The highest BCUT2D eigenvalue weighted by Crippen LogP contribution is 2.27. The minimum Gasteiger partial charge on any atom is -0.464 e. The number of amides is 1. The highest BCUT2D eigenvalue weighted by molar-refractivity contribution is 5.87. The summed E-state index contributed by atoms with van der Waals surface area (Å²) in [7, 11) is 1.62. The van der Waals surface area contributed by atoms with Gasteiger partial charge in [0, 0.05) is 19.2 Å². The summed E-state index contributed by atoms with van der Waals surface area (Å²) in [5.41, 5.74) is 1.38. The van der Waals surface area contributed by atoms with Gasteiger partial charge in [-0.3, -0.25) is 4.79 Å². The van der Waals surface area contributed by atoms with Crippen LogP contribution in [0.5, 0.6) is 0 Å². The standard InChI is InChI=1S/C17H21NO3/c1-17(2,16(19)18-10-12-20-3)14-8-6-13(7-9-14)15-5-4-11-21-15/h4-9,11H,10,12H2,1-3H3,(H,18,19). The molecule has 0 fully saturated rings. The van der Waals surface area contributed by atoms with E-state index in [2.05, 4.69) is 5.32 Å². The Morgan fingerprint density at radius 2 is 1.95 bits per heavy atom. The van der Waals surface area contributed by atoms with Crippen LogP contribution in [0.25, 0.3) is 11.3 Å². The Morgan fingerprint density at radius 1 is 1.24 bits per heavy atom. The van der Waals surface area contributed by atoms with Crippen LogP contribution in [-0.2, 0) is 14.9 Å². The van der Waals surface area contributed by atoms with E-state index in [1.54, 1.807) is 13.4 Å². The molecule has 1 amide bonds. The SMILES string of the molecule is COCCNC(=O)C(C)(C)c1ccc(-c2ccco2)cc1. The van der Waals surface area contributed by atoms with E-state index >= 15 is 0 Å². The van der Waals surface area contributed by atoms with E-state index in [0.29, 0.717) is 13.2 Å². The summed E-state index contributed by atoms with van der Waals surface area (Å²) < 4.78 is 10.3. The van der Waals surface area contributed by atoms with Crippen LogP contribution in [0, 0.1) is 0 Å². The number of benzene rings is 1. The Hall–Kier alpha value is -2.07. The maximum absolute atomic E-state index is 12.3. The van der Waals surface area contributed by atoms with E-state index in [4.69, 9.17) is 9.15 Å². The summed E-state index contributed by atoms with van der Waals surface area (Å²) in [4.78, 5) is 12.3. The molecule has 2 rings (SSSR count). The zero-order valence-electron chi connectivity index (χ0n) is 12.7. The van der Waals surface area contributed by atoms with Crippen molar-refractivity contribution in [2.45, 2.75) is 19.3 Å². The molecule has 0 spiro atoms. The van der Waals surface area contributed by atoms with Gasteiger partial charge in [0.1, 0.15) is 5.76 Å². The third-order valence-corrected chi connectivity index (χ3v) is 3.57. The maximum atomic E-state index is 12.3. The number of furan rings is 1. The first-order valence-corrected chi connectivity index (χ1v) is 6.97. The van der Waals surface area contributed by atoms with Gasteiger partial charge in [0.15, 0.2) is 0 Å². The molecule has 0 saturated carbocycles. The molecular formula is C17H21NO3. The van der Waals surface area contributed by atoms with Crippen molar-refractivity contribution in [1.82, 2.24) is 5.32 Å². The average molecular weight is 287 g/mol. The second kappa shape index (κ2) is 6.59. The number of ether oxygens (including phenoxy) is 1. The molecule has 21 heavy (non-hydrogen) atoms. The lowest BCUT2D eigenvalue weighted by atomic mass is 9.83. The van der Waals surface area contributed by atoms with Gasteiger partial charge in [-0.25, -0.2) is 0 Å². The second-order valence-corrected chi connectivity index (χ2v) is 5.43. The zero-order valence-corrected chi connectivity index (χ0v) is 12.7. The molecule has 0 aliphatic carbocycles. The molecule has 112 valence electrons. The molecule has 1 N–H and O–H groups in total. The number of methoxy groups -OCH3 is 1. The van der Waals surface area contributed by atoms with Crippen LogP contribution in [0.4, 0.5) is 0 Å². The van der Waals surface area contributed by atoms with Crippen LogP contribution in [0.3, 0.4) is 0 Å². The normalized spacial score (nSPS) is 11.4. The molecule has 0 bridgehead atoms. The molecule has 0 aliphatic rings. The molecule has 1 aromatic carbocycles. The van der Waals surface area contributed by atoms with Gasteiger partial charge in [0.05, 0.1) is 18.3 Å². The first-order valence-electron chi connectivity index (χ1n) is 6.97. The van der Waals surface area contributed by atoms with Crippen LogP contribution in [0.15, 0.2) is 47.1 Å².